The molecular weight excluding hydrogens is 429 g/mol. The first-order chi connectivity index (χ1) is 15.2. The van der Waals surface area contributed by atoms with Crippen LogP contribution in [0.5, 0.6) is 5.75 Å². The molecule has 4 aromatic rings. The second-order valence-electron chi connectivity index (χ2n) is 7.57. The van der Waals surface area contributed by atoms with E-state index in [4.69, 9.17) is 0 Å². The van der Waals surface area contributed by atoms with Gasteiger partial charge in [0, 0.05) is 18.2 Å². The highest BCUT2D eigenvalue weighted by Gasteiger charge is 2.34. The van der Waals surface area contributed by atoms with E-state index >= 15 is 0 Å². The van der Waals surface area contributed by atoms with Crippen LogP contribution >= 0.6 is 0 Å². The van der Waals surface area contributed by atoms with E-state index in [0.717, 1.165) is 36.4 Å². The first kappa shape index (κ1) is 21.6. The van der Waals surface area contributed by atoms with E-state index in [2.05, 4.69) is 0 Å². The van der Waals surface area contributed by atoms with Gasteiger partial charge in [-0.2, -0.15) is 21.9 Å². The Bertz CT molecular complexity index is 1120. The van der Waals surface area contributed by atoms with Gasteiger partial charge in [-0.3, -0.25) is 0 Å². The van der Waals surface area contributed by atoms with Crippen molar-refractivity contribution in [1.82, 2.24) is 0 Å². The van der Waals surface area contributed by atoms with E-state index in [1.54, 1.807) is 0 Å². The summed E-state index contributed by atoms with van der Waals surface area (Å²) in [5.41, 5.74) is -0.114. The molecule has 0 radical (unpaired) electrons. The summed E-state index contributed by atoms with van der Waals surface area (Å²) in [6.45, 7) is 0. The number of phenolic OH excluding ortho intramolecular Hbond substituents is 1. The molecule has 0 spiro atoms. The van der Waals surface area contributed by atoms with Crippen LogP contribution in [0.15, 0.2) is 78.9 Å². The smallest absolute Gasteiger partial charge is 0.123 e. The Morgan fingerprint density at radius 2 is 0.688 bits per heavy atom. The molecule has 0 aliphatic heterocycles. The van der Waals surface area contributed by atoms with Crippen molar-refractivity contribution in [2.45, 2.75) is 0 Å². The molecule has 1 nitrogen and oxygen atoms in total. The molecule has 4 rings (SSSR count). The molecule has 0 aromatic heterocycles. The maximum absolute atomic E-state index is 14.3. The monoisotopic (exact) mass is 443 g/mol. The van der Waals surface area contributed by atoms with Crippen LogP contribution in [0.25, 0.3) is 0 Å². The van der Waals surface area contributed by atoms with Gasteiger partial charge in [-0.1, -0.05) is 48.5 Å². The Balaban J connectivity index is 2.24. The molecule has 162 valence electrons. The summed E-state index contributed by atoms with van der Waals surface area (Å²) in [5, 5.41) is 9.75. The summed E-state index contributed by atoms with van der Waals surface area (Å²) in [6.07, 6.45) is -2.90. The van der Waals surface area contributed by atoms with Crippen LogP contribution in [0.1, 0.15) is 0 Å². The predicted molar refractivity (Wildman–Crippen MR) is 111 cm³/mol. The van der Waals surface area contributed by atoms with Crippen molar-refractivity contribution in [1.29, 1.82) is 0 Å². The molecule has 0 heterocycles. The topological polar surface area (TPSA) is 20.2 Å². The summed E-state index contributed by atoms with van der Waals surface area (Å²) in [6, 6.07) is 12.8. The Kier molecular flexibility index (Phi) is 5.46. The van der Waals surface area contributed by atoms with Crippen molar-refractivity contribution in [3.63, 3.8) is 0 Å². The van der Waals surface area contributed by atoms with E-state index in [-0.39, 0.29) is 27.6 Å². The Morgan fingerprint density at radius 1 is 0.406 bits per heavy atom. The second kappa shape index (κ2) is 8.11. The van der Waals surface area contributed by atoms with Crippen LogP contribution in [0.4, 0.5) is 26.3 Å². The molecule has 32 heavy (non-hydrogen) atoms. The largest absolute Gasteiger partial charge is 0.508 e. The minimum absolute atomic E-state index is 0.108. The maximum atomic E-state index is 14.3. The van der Waals surface area contributed by atoms with Crippen molar-refractivity contribution >= 4 is 28.0 Å². The summed E-state index contributed by atoms with van der Waals surface area (Å²) < 4.78 is 85.9. The van der Waals surface area contributed by atoms with Crippen molar-refractivity contribution in [2.75, 3.05) is 0 Å². The zero-order valence-electron chi connectivity index (χ0n) is 16.3. The minimum atomic E-state index is -2.90. The maximum Gasteiger partial charge on any atom is 0.123 e. The van der Waals surface area contributed by atoms with Gasteiger partial charge in [0.2, 0.25) is 0 Å². The van der Waals surface area contributed by atoms with Gasteiger partial charge in [-0.25, -0.2) is 26.3 Å². The Hall–Kier alpha value is -3.68. The minimum Gasteiger partial charge on any atom is -0.508 e. The highest BCUT2D eigenvalue weighted by atomic mass is 19.2. The van der Waals surface area contributed by atoms with Crippen LogP contribution in [0, 0.1) is 34.9 Å². The molecule has 0 aliphatic carbocycles. The molecule has 0 saturated carbocycles. The van der Waals surface area contributed by atoms with Gasteiger partial charge in [-0.15, -0.1) is 0 Å². The van der Waals surface area contributed by atoms with Gasteiger partial charge in [0.05, 0.1) is 0 Å². The normalized spacial score (nSPS) is 11.6. The van der Waals surface area contributed by atoms with Crippen molar-refractivity contribution in [3.8, 4) is 5.75 Å². The van der Waals surface area contributed by atoms with E-state index in [1.807, 2.05) is 0 Å². The lowest BCUT2D eigenvalue weighted by atomic mass is 9.13. The lowest BCUT2D eigenvalue weighted by Crippen LogP contribution is -2.75. The zero-order chi connectivity index (χ0) is 23.0. The number of aromatic hydroxyl groups is 1. The second-order valence-corrected chi connectivity index (χ2v) is 7.57. The highest BCUT2D eigenvalue weighted by Crippen LogP contribution is 2.16. The van der Waals surface area contributed by atoms with Crippen LogP contribution in [-0.2, 0) is 0 Å². The van der Waals surface area contributed by atoms with E-state index in [0.29, 0.717) is 18.2 Å². The molecule has 8 heteroatoms. The first-order valence-corrected chi connectivity index (χ1v) is 9.53. The molecule has 4 aromatic carbocycles. The third-order valence-electron chi connectivity index (χ3n) is 5.55. The highest BCUT2D eigenvalue weighted by molar-refractivity contribution is 7.19. The van der Waals surface area contributed by atoms with Crippen LogP contribution in [0.2, 0.25) is 0 Å². The third kappa shape index (κ3) is 3.84. The van der Waals surface area contributed by atoms with Gasteiger partial charge in [-0.05, 0) is 12.1 Å². The van der Waals surface area contributed by atoms with Crippen LogP contribution < -0.4 is 21.9 Å². The number of benzene rings is 4. The fraction of sp³-hybridized carbons (Fsp3) is 0. The molecule has 0 saturated heterocycles. The molecule has 0 atom stereocenters. The SMILES string of the molecule is Oc1ccc([B-](c2cc(F)cc(F)c2)(c2cc(F)cc(F)c2)c2cc(F)cc(F)c2)cc1. The van der Waals surface area contributed by atoms with Crippen molar-refractivity contribution < 1.29 is 31.4 Å². The first-order valence-electron chi connectivity index (χ1n) is 9.53. The summed E-state index contributed by atoms with van der Waals surface area (Å²) in [7, 11) is 0. The van der Waals surface area contributed by atoms with Gasteiger partial charge in [0.25, 0.3) is 0 Å². The van der Waals surface area contributed by atoms with Gasteiger partial charge in [0.15, 0.2) is 0 Å². The van der Waals surface area contributed by atoms with E-state index in [1.165, 1.54) is 24.3 Å². The molecule has 0 bridgehead atoms. The number of halogens is 6. The lowest BCUT2D eigenvalue weighted by Gasteiger charge is -2.44. The molecule has 0 unspecified atom stereocenters. The van der Waals surface area contributed by atoms with E-state index in [9.17, 15) is 31.4 Å². The number of hydrogen-bond acceptors (Lipinski definition) is 1. The quantitative estimate of drug-likeness (QED) is 0.378. The molecule has 0 amide bonds. The standard InChI is InChI=1S/C24H14BF6O/c26-18-5-15(6-19(27)11-18)25(14-1-3-24(32)4-2-14,16-7-20(28)12-21(29)8-16)17-9-22(30)13-23(31)10-17/h1-13,32H/q-1. The fourth-order valence-electron chi connectivity index (χ4n) is 4.39. The van der Waals surface area contributed by atoms with Gasteiger partial charge >= 0.3 is 0 Å². The van der Waals surface area contributed by atoms with Gasteiger partial charge in [0.1, 0.15) is 46.8 Å². The number of phenols is 1. The molecule has 0 fully saturated rings. The van der Waals surface area contributed by atoms with Crippen LogP contribution in [0.3, 0.4) is 0 Å². The average molecular weight is 443 g/mol. The summed E-state index contributed by atoms with van der Waals surface area (Å²) in [4.78, 5) is 0. The van der Waals surface area contributed by atoms with Gasteiger partial charge < -0.3 is 5.11 Å². The van der Waals surface area contributed by atoms with Crippen LogP contribution in [-0.4, -0.2) is 11.3 Å². The molecule has 0 aliphatic rings. The molecular formula is C24H14BF6O-. The number of rotatable bonds is 4. The third-order valence-corrected chi connectivity index (χ3v) is 5.55. The Morgan fingerprint density at radius 3 is 0.969 bits per heavy atom. The summed E-state index contributed by atoms with van der Waals surface area (Å²) >= 11 is 0. The molecule has 1 N–H and O–H groups in total. The Labute approximate surface area is 179 Å². The van der Waals surface area contributed by atoms with Crippen molar-refractivity contribution in [3.05, 3.63) is 114 Å². The fourth-order valence-corrected chi connectivity index (χ4v) is 4.39. The van der Waals surface area contributed by atoms with Crippen molar-refractivity contribution in [2.24, 2.45) is 0 Å². The predicted octanol–water partition coefficient (Wildman–Crippen LogP) is 3.60. The van der Waals surface area contributed by atoms with E-state index < -0.39 is 41.0 Å². The zero-order valence-corrected chi connectivity index (χ0v) is 16.3. The summed E-state index contributed by atoms with van der Waals surface area (Å²) in [5.74, 6) is -6.08. The average Bonchev–Trinajstić information content (AvgIpc) is 2.68. The number of hydrogen-bond donors (Lipinski definition) is 1. The lowest BCUT2D eigenvalue weighted by molar-refractivity contribution is 0.475.